The molecule has 1 unspecified atom stereocenters. The van der Waals surface area contributed by atoms with Crippen molar-refractivity contribution in [3.05, 3.63) is 35.6 Å². The summed E-state index contributed by atoms with van der Waals surface area (Å²) in [6, 6.07) is 7.85. The van der Waals surface area contributed by atoms with Gasteiger partial charge in [0.05, 0.1) is 0 Å². The summed E-state index contributed by atoms with van der Waals surface area (Å²) < 4.78 is 13.0. The lowest BCUT2D eigenvalue weighted by Gasteiger charge is -2.38. The van der Waals surface area contributed by atoms with E-state index >= 15 is 0 Å². The Morgan fingerprint density at radius 2 is 1.76 bits per heavy atom. The highest BCUT2D eigenvalue weighted by molar-refractivity contribution is 5.22. The molecule has 94 valence electrons. The predicted octanol–water partition coefficient (Wildman–Crippen LogP) is 4.06. The topological polar surface area (TPSA) is 12.0 Å². The van der Waals surface area contributed by atoms with Crippen molar-refractivity contribution in [1.82, 2.24) is 5.32 Å². The molecule has 0 radical (unpaired) electrons. The molecule has 1 aromatic rings. The van der Waals surface area contributed by atoms with Gasteiger partial charge in [-0.15, -0.1) is 0 Å². The fourth-order valence-corrected chi connectivity index (χ4v) is 2.31. The molecule has 2 heteroatoms. The molecule has 0 amide bonds. The molecule has 0 spiro atoms. The Bertz CT molecular complexity index is 360. The van der Waals surface area contributed by atoms with E-state index in [4.69, 9.17) is 0 Å². The third-order valence-corrected chi connectivity index (χ3v) is 3.58. The highest BCUT2D eigenvalue weighted by Crippen LogP contribution is 2.35. The average molecular weight is 235 g/mol. The maximum atomic E-state index is 13.0. The van der Waals surface area contributed by atoms with Crippen molar-refractivity contribution in [3.8, 4) is 0 Å². The molecule has 0 aliphatic heterocycles. The van der Waals surface area contributed by atoms with Gasteiger partial charge >= 0.3 is 0 Å². The van der Waals surface area contributed by atoms with Gasteiger partial charge in [0.1, 0.15) is 5.82 Å². The maximum Gasteiger partial charge on any atom is 0.123 e. The highest BCUT2D eigenvalue weighted by Gasteiger charge is 2.30. The molecular formula is C15H22FN. The summed E-state index contributed by atoms with van der Waals surface area (Å²) >= 11 is 0. The highest BCUT2D eigenvalue weighted by atomic mass is 19.1. The number of rotatable bonds is 3. The fraction of sp³-hybridized carbons (Fsp3) is 0.600. The van der Waals surface area contributed by atoms with Gasteiger partial charge in [0.15, 0.2) is 0 Å². The molecule has 1 nitrogen and oxygen atoms in total. The van der Waals surface area contributed by atoms with Crippen LogP contribution in [0.4, 0.5) is 4.39 Å². The average Bonchev–Trinajstić information content (AvgIpc) is 2.16. The SMILES string of the molecule is CC(C)(C)C(NC1CCC1)c1ccc(F)cc1. The van der Waals surface area contributed by atoms with E-state index in [-0.39, 0.29) is 11.2 Å². The summed E-state index contributed by atoms with van der Waals surface area (Å²) in [7, 11) is 0. The fourth-order valence-electron chi connectivity index (χ4n) is 2.31. The van der Waals surface area contributed by atoms with Gasteiger partial charge in [0.2, 0.25) is 0 Å². The minimum Gasteiger partial charge on any atom is -0.307 e. The number of nitrogens with one attached hydrogen (secondary N) is 1. The first-order valence-electron chi connectivity index (χ1n) is 6.48. The number of hydrogen-bond donors (Lipinski definition) is 1. The molecule has 0 heterocycles. The molecule has 1 aliphatic carbocycles. The summed E-state index contributed by atoms with van der Waals surface area (Å²) in [5.41, 5.74) is 1.33. The van der Waals surface area contributed by atoms with Gasteiger partial charge in [-0.3, -0.25) is 0 Å². The van der Waals surface area contributed by atoms with E-state index in [2.05, 4.69) is 26.1 Å². The number of halogens is 1. The standard InChI is InChI=1S/C15H22FN/c1-15(2,3)14(17-13-5-4-6-13)11-7-9-12(16)10-8-11/h7-10,13-14,17H,4-6H2,1-3H3. The Labute approximate surface area is 103 Å². The van der Waals surface area contributed by atoms with Crippen molar-refractivity contribution in [3.63, 3.8) is 0 Å². The van der Waals surface area contributed by atoms with Crippen molar-refractivity contribution in [1.29, 1.82) is 0 Å². The van der Waals surface area contributed by atoms with E-state index in [0.29, 0.717) is 12.1 Å². The molecule has 0 aromatic heterocycles. The third-order valence-electron chi connectivity index (χ3n) is 3.58. The quantitative estimate of drug-likeness (QED) is 0.833. The van der Waals surface area contributed by atoms with E-state index in [1.807, 2.05) is 12.1 Å². The molecule has 1 atom stereocenters. The zero-order chi connectivity index (χ0) is 12.5. The zero-order valence-electron chi connectivity index (χ0n) is 11.0. The van der Waals surface area contributed by atoms with E-state index < -0.39 is 0 Å². The van der Waals surface area contributed by atoms with Gasteiger partial charge in [-0.25, -0.2) is 4.39 Å². The summed E-state index contributed by atoms with van der Waals surface area (Å²) in [5.74, 6) is -0.162. The van der Waals surface area contributed by atoms with Crippen LogP contribution in [0.5, 0.6) is 0 Å². The van der Waals surface area contributed by atoms with Gasteiger partial charge in [0.25, 0.3) is 0 Å². The van der Waals surface area contributed by atoms with Gasteiger partial charge in [-0.1, -0.05) is 39.3 Å². The van der Waals surface area contributed by atoms with Gasteiger partial charge in [-0.2, -0.15) is 0 Å². The van der Waals surface area contributed by atoms with E-state index in [1.165, 1.54) is 24.8 Å². The van der Waals surface area contributed by atoms with Crippen LogP contribution in [-0.2, 0) is 0 Å². The van der Waals surface area contributed by atoms with Crippen LogP contribution in [0.15, 0.2) is 24.3 Å². The van der Waals surface area contributed by atoms with E-state index in [0.717, 1.165) is 0 Å². The molecule has 1 aliphatic rings. The van der Waals surface area contributed by atoms with Crippen molar-refractivity contribution in [2.24, 2.45) is 5.41 Å². The normalized spacial score (nSPS) is 18.8. The van der Waals surface area contributed by atoms with Gasteiger partial charge in [-0.05, 0) is 36.0 Å². The molecule has 1 N–H and O–H groups in total. The minimum atomic E-state index is -0.162. The van der Waals surface area contributed by atoms with Crippen molar-refractivity contribution >= 4 is 0 Å². The Hall–Kier alpha value is -0.890. The minimum absolute atomic E-state index is 0.146. The lowest BCUT2D eigenvalue weighted by molar-refractivity contribution is 0.209. The molecular weight excluding hydrogens is 213 g/mol. The summed E-state index contributed by atoms with van der Waals surface area (Å²) in [6.45, 7) is 6.69. The maximum absolute atomic E-state index is 13.0. The second-order valence-corrected chi connectivity index (χ2v) is 6.15. The lowest BCUT2D eigenvalue weighted by Crippen LogP contribution is -2.42. The molecule has 2 rings (SSSR count). The van der Waals surface area contributed by atoms with Crippen molar-refractivity contribution in [2.75, 3.05) is 0 Å². The van der Waals surface area contributed by atoms with Gasteiger partial charge < -0.3 is 5.32 Å². The lowest BCUT2D eigenvalue weighted by atomic mass is 9.80. The first-order valence-corrected chi connectivity index (χ1v) is 6.48. The summed E-state index contributed by atoms with van der Waals surface area (Å²) in [4.78, 5) is 0. The zero-order valence-corrected chi connectivity index (χ0v) is 11.0. The van der Waals surface area contributed by atoms with Crippen LogP contribution in [0.2, 0.25) is 0 Å². The van der Waals surface area contributed by atoms with Gasteiger partial charge in [0, 0.05) is 12.1 Å². The predicted molar refractivity (Wildman–Crippen MR) is 69.4 cm³/mol. The van der Waals surface area contributed by atoms with Crippen LogP contribution >= 0.6 is 0 Å². The largest absolute Gasteiger partial charge is 0.307 e. The number of hydrogen-bond acceptors (Lipinski definition) is 1. The Balaban J connectivity index is 2.16. The Morgan fingerprint density at radius 3 is 2.18 bits per heavy atom. The third kappa shape index (κ3) is 3.06. The van der Waals surface area contributed by atoms with Crippen LogP contribution in [0.25, 0.3) is 0 Å². The second-order valence-electron chi connectivity index (χ2n) is 6.15. The summed E-state index contributed by atoms with van der Waals surface area (Å²) in [5, 5.41) is 3.71. The monoisotopic (exact) mass is 235 g/mol. The molecule has 1 aromatic carbocycles. The smallest absolute Gasteiger partial charge is 0.123 e. The first-order chi connectivity index (χ1) is 7.97. The molecule has 1 saturated carbocycles. The van der Waals surface area contributed by atoms with Crippen molar-refractivity contribution < 1.29 is 4.39 Å². The molecule has 0 saturated heterocycles. The van der Waals surface area contributed by atoms with Crippen molar-refractivity contribution in [2.45, 2.75) is 52.1 Å². The molecule has 0 bridgehead atoms. The van der Waals surface area contributed by atoms with E-state index in [1.54, 1.807) is 12.1 Å². The first kappa shape index (κ1) is 12.6. The van der Waals surface area contributed by atoms with Crippen LogP contribution in [-0.4, -0.2) is 6.04 Å². The molecule has 17 heavy (non-hydrogen) atoms. The molecule has 1 fully saturated rings. The second kappa shape index (κ2) is 4.77. The van der Waals surface area contributed by atoms with Crippen LogP contribution in [0, 0.1) is 11.2 Å². The van der Waals surface area contributed by atoms with E-state index in [9.17, 15) is 4.39 Å². The Kier molecular flexibility index (Phi) is 3.53. The van der Waals surface area contributed by atoms with Crippen LogP contribution < -0.4 is 5.32 Å². The Morgan fingerprint density at radius 1 is 1.18 bits per heavy atom. The van der Waals surface area contributed by atoms with Crippen LogP contribution in [0.1, 0.15) is 51.6 Å². The van der Waals surface area contributed by atoms with Crippen LogP contribution in [0.3, 0.4) is 0 Å². The number of benzene rings is 1. The summed E-state index contributed by atoms with van der Waals surface area (Å²) in [6.07, 6.45) is 3.87.